The van der Waals surface area contributed by atoms with Crippen LogP contribution in [0.15, 0.2) is 95.8 Å². The SMILES string of the molecule is CN(CCSC=CC1=C(C(=O)OC(c2ccccc2)c2ccccc2)N2C(=O)[C@@H](NC(=O)OC(C)(C)C)[C@H]2SC1)Cc1ncc[nH]1. The van der Waals surface area contributed by atoms with Gasteiger partial charge in [-0.3, -0.25) is 14.6 Å². The first-order valence-electron chi connectivity index (χ1n) is 15.0. The van der Waals surface area contributed by atoms with E-state index in [2.05, 4.69) is 20.2 Å². The maximum atomic E-state index is 14.1. The van der Waals surface area contributed by atoms with Crippen LogP contribution in [-0.2, 0) is 25.6 Å². The van der Waals surface area contributed by atoms with Gasteiger partial charge in [0, 0.05) is 30.4 Å². The molecule has 1 fully saturated rings. The molecule has 0 aliphatic carbocycles. The zero-order chi connectivity index (χ0) is 32.7. The summed E-state index contributed by atoms with van der Waals surface area (Å²) in [7, 11) is 2.04. The van der Waals surface area contributed by atoms with Crippen LogP contribution in [0, 0.1) is 0 Å². The number of amides is 2. The van der Waals surface area contributed by atoms with Gasteiger partial charge in [0.15, 0.2) is 6.10 Å². The molecule has 2 atom stereocenters. The molecule has 3 heterocycles. The molecule has 0 spiro atoms. The smallest absolute Gasteiger partial charge is 0.408 e. The van der Waals surface area contributed by atoms with Crippen LogP contribution in [-0.4, -0.2) is 79.9 Å². The fraction of sp³-hybridized carbons (Fsp3) is 0.353. The molecule has 2 N–H and O–H groups in total. The normalized spacial score (nSPS) is 18.1. The molecule has 0 saturated carbocycles. The molecule has 46 heavy (non-hydrogen) atoms. The van der Waals surface area contributed by atoms with Gasteiger partial charge in [-0.05, 0) is 56.0 Å². The van der Waals surface area contributed by atoms with Crippen LogP contribution < -0.4 is 5.32 Å². The summed E-state index contributed by atoms with van der Waals surface area (Å²) in [5, 5.41) is 4.19. The number of aromatic nitrogens is 2. The molecule has 2 amide bonds. The lowest BCUT2D eigenvalue weighted by atomic mass is 10.0. The van der Waals surface area contributed by atoms with E-state index in [1.807, 2.05) is 85.4 Å². The number of aromatic amines is 1. The number of hydrogen-bond acceptors (Lipinski definition) is 9. The quantitative estimate of drug-likeness (QED) is 0.148. The van der Waals surface area contributed by atoms with Gasteiger partial charge >= 0.3 is 12.1 Å². The summed E-state index contributed by atoms with van der Waals surface area (Å²) < 4.78 is 11.6. The Bertz CT molecular complexity index is 1520. The fourth-order valence-corrected chi connectivity index (χ4v) is 7.20. The molecule has 1 saturated heterocycles. The first kappa shape index (κ1) is 33.4. The number of alkyl carbamates (subject to hydrolysis) is 1. The maximum absolute atomic E-state index is 14.1. The van der Waals surface area contributed by atoms with Crippen LogP contribution in [0.3, 0.4) is 0 Å². The highest BCUT2D eigenvalue weighted by Gasteiger charge is 2.54. The van der Waals surface area contributed by atoms with E-state index in [0.717, 1.165) is 35.8 Å². The number of nitrogens with one attached hydrogen (secondary N) is 2. The number of rotatable bonds is 12. The van der Waals surface area contributed by atoms with E-state index in [0.29, 0.717) is 11.3 Å². The number of benzene rings is 2. The zero-order valence-electron chi connectivity index (χ0n) is 26.3. The minimum Gasteiger partial charge on any atom is -0.448 e. The van der Waals surface area contributed by atoms with E-state index in [1.54, 1.807) is 38.7 Å². The van der Waals surface area contributed by atoms with Gasteiger partial charge in [-0.2, -0.15) is 0 Å². The van der Waals surface area contributed by atoms with Crippen molar-refractivity contribution < 1.29 is 23.9 Å². The molecule has 242 valence electrons. The number of fused-ring (bicyclic) bond motifs is 1. The zero-order valence-corrected chi connectivity index (χ0v) is 28.0. The van der Waals surface area contributed by atoms with Crippen LogP contribution in [0.5, 0.6) is 0 Å². The first-order chi connectivity index (χ1) is 22.1. The monoisotopic (exact) mass is 661 g/mol. The Balaban J connectivity index is 1.35. The van der Waals surface area contributed by atoms with Gasteiger partial charge in [-0.15, -0.1) is 23.5 Å². The minimum atomic E-state index is -0.814. The second-order valence-corrected chi connectivity index (χ2v) is 14.1. The minimum absolute atomic E-state index is 0.194. The van der Waals surface area contributed by atoms with Crippen LogP contribution in [0.2, 0.25) is 0 Å². The van der Waals surface area contributed by atoms with E-state index in [-0.39, 0.29) is 11.6 Å². The number of nitrogens with zero attached hydrogens (tertiary/aromatic N) is 3. The van der Waals surface area contributed by atoms with Crippen molar-refractivity contribution >= 4 is 41.5 Å². The highest BCUT2D eigenvalue weighted by Crippen LogP contribution is 2.42. The van der Waals surface area contributed by atoms with Crippen molar-refractivity contribution in [2.45, 2.75) is 50.4 Å². The van der Waals surface area contributed by atoms with E-state index in [9.17, 15) is 14.4 Å². The van der Waals surface area contributed by atoms with Gasteiger partial charge in [0.05, 0.1) is 6.54 Å². The van der Waals surface area contributed by atoms with Gasteiger partial charge in [0.1, 0.15) is 28.5 Å². The Labute approximate surface area is 278 Å². The van der Waals surface area contributed by atoms with Crippen molar-refractivity contribution in [2.75, 3.05) is 25.1 Å². The summed E-state index contributed by atoms with van der Waals surface area (Å²) in [5.74, 6) is 1.21. The third-order valence-corrected chi connectivity index (χ3v) is 9.27. The summed E-state index contributed by atoms with van der Waals surface area (Å²) in [6.45, 7) is 6.83. The predicted molar refractivity (Wildman–Crippen MR) is 181 cm³/mol. The number of thioether (sulfide) groups is 2. The predicted octanol–water partition coefficient (Wildman–Crippen LogP) is 5.48. The van der Waals surface area contributed by atoms with E-state index >= 15 is 0 Å². The molecule has 0 bridgehead atoms. The Morgan fingerprint density at radius 2 is 1.83 bits per heavy atom. The number of ether oxygens (including phenoxy) is 2. The molecule has 1 aromatic heterocycles. The Kier molecular flexibility index (Phi) is 10.9. The number of carbonyl (C=O) groups excluding carboxylic acids is 3. The van der Waals surface area contributed by atoms with Crippen molar-refractivity contribution in [3.63, 3.8) is 0 Å². The Hall–Kier alpha value is -4.00. The number of imidazole rings is 1. The molecule has 12 heteroatoms. The molecule has 5 rings (SSSR count). The lowest BCUT2D eigenvalue weighted by Gasteiger charge is -2.49. The molecule has 0 radical (unpaired) electrons. The second-order valence-electron chi connectivity index (χ2n) is 12.0. The summed E-state index contributed by atoms with van der Waals surface area (Å²) in [6.07, 6.45) is 4.09. The van der Waals surface area contributed by atoms with Gasteiger partial charge in [0.25, 0.3) is 5.91 Å². The Morgan fingerprint density at radius 1 is 1.15 bits per heavy atom. The summed E-state index contributed by atoms with van der Waals surface area (Å²) in [5.41, 5.74) is 1.80. The standard InChI is InChI=1S/C34H39N5O5S2/c1-34(2,3)44-33(42)37-27-30(40)39-28(32(41)43-29(23-11-7-5-8-12-23)24-13-9-6-10-14-24)25(22-46-31(27)39)15-19-45-20-18-38(4)21-26-35-16-17-36-26/h5-17,19,27,29,31H,18,20-22H2,1-4H3,(H,35,36)(H,37,42)/t27-,31-/m1/s1. The second kappa shape index (κ2) is 15.1. The fourth-order valence-electron chi connectivity index (χ4n) is 5.07. The summed E-state index contributed by atoms with van der Waals surface area (Å²) in [4.78, 5) is 51.2. The highest BCUT2D eigenvalue weighted by atomic mass is 32.2. The van der Waals surface area contributed by atoms with Gasteiger partial charge < -0.3 is 19.8 Å². The number of H-pyrrole nitrogens is 1. The molecular formula is C34H39N5O5S2. The largest absolute Gasteiger partial charge is 0.448 e. The average Bonchev–Trinajstić information content (AvgIpc) is 3.54. The van der Waals surface area contributed by atoms with Gasteiger partial charge in [-0.1, -0.05) is 60.7 Å². The summed E-state index contributed by atoms with van der Waals surface area (Å²) >= 11 is 3.11. The van der Waals surface area contributed by atoms with Gasteiger partial charge in [0.2, 0.25) is 0 Å². The van der Waals surface area contributed by atoms with E-state index < -0.39 is 35.2 Å². The molecule has 2 aliphatic rings. The van der Waals surface area contributed by atoms with Crippen molar-refractivity contribution in [1.29, 1.82) is 0 Å². The Morgan fingerprint density at radius 3 is 2.43 bits per heavy atom. The third-order valence-electron chi connectivity index (χ3n) is 7.22. The van der Waals surface area contributed by atoms with Gasteiger partial charge in [-0.25, -0.2) is 14.6 Å². The number of hydrogen-bond donors (Lipinski definition) is 2. The van der Waals surface area contributed by atoms with Crippen LogP contribution in [0.4, 0.5) is 4.79 Å². The molecule has 3 aromatic rings. The van der Waals surface area contributed by atoms with Crippen LogP contribution in [0.1, 0.15) is 43.8 Å². The molecule has 10 nitrogen and oxygen atoms in total. The average molecular weight is 662 g/mol. The molecule has 0 unspecified atom stereocenters. The van der Waals surface area contributed by atoms with Crippen molar-refractivity contribution in [3.8, 4) is 0 Å². The van der Waals surface area contributed by atoms with E-state index in [1.165, 1.54) is 16.7 Å². The highest BCUT2D eigenvalue weighted by molar-refractivity contribution is 8.02. The number of allylic oxidation sites excluding steroid dienone is 1. The van der Waals surface area contributed by atoms with Crippen molar-refractivity contribution in [2.24, 2.45) is 0 Å². The number of β-lactam (4-membered cyclic amide) rings is 1. The lowest BCUT2D eigenvalue weighted by Crippen LogP contribution is -2.70. The number of esters is 1. The van der Waals surface area contributed by atoms with Crippen LogP contribution in [0.25, 0.3) is 0 Å². The lowest BCUT2D eigenvalue weighted by molar-refractivity contribution is -0.153. The first-order valence-corrected chi connectivity index (χ1v) is 17.1. The number of carbonyl (C=O) groups is 3. The van der Waals surface area contributed by atoms with E-state index in [4.69, 9.17) is 9.47 Å². The maximum Gasteiger partial charge on any atom is 0.408 e. The van der Waals surface area contributed by atoms with Crippen molar-refractivity contribution in [3.05, 3.63) is 113 Å². The van der Waals surface area contributed by atoms with Crippen LogP contribution >= 0.6 is 23.5 Å². The molecule has 2 aliphatic heterocycles. The molecule has 2 aromatic carbocycles. The topological polar surface area (TPSA) is 117 Å². The molecular weight excluding hydrogens is 623 g/mol. The summed E-state index contributed by atoms with van der Waals surface area (Å²) in [6, 6.07) is 18.2. The van der Waals surface area contributed by atoms with Crippen molar-refractivity contribution in [1.82, 2.24) is 25.1 Å². The third kappa shape index (κ3) is 8.42.